The van der Waals surface area contributed by atoms with Gasteiger partial charge in [-0.3, -0.25) is 4.79 Å². The molecule has 0 spiro atoms. The van der Waals surface area contributed by atoms with Crippen LogP contribution >= 0.6 is 0 Å². The quantitative estimate of drug-likeness (QED) is 0.841. The molecule has 0 bridgehead atoms. The lowest BCUT2D eigenvalue weighted by Gasteiger charge is -2.36. The molecule has 1 saturated heterocycles. The second-order valence-corrected chi connectivity index (χ2v) is 7.63. The highest BCUT2D eigenvalue weighted by atomic mass is 16.2. The Morgan fingerprint density at radius 1 is 1.13 bits per heavy atom. The maximum absolute atomic E-state index is 13.2. The van der Waals surface area contributed by atoms with Crippen LogP contribution in [0.25, 0.3) is 0 Å². The van der Waals surface area contributed by atoms with Gasteiger partial charge in [-0.2, -0.15) is 0 Å². The summed E-state index contributed by atoms with van der Waals surface area (Å²) < 4.78 is 0. The van der Waals surface area contributed by atoms with Gasteiger partial charge in [0.05, 0.1) is 0 Å². The van der Waals surface area contributed by atoms with Gasteiger partial charge in [0.25, 0.3) is 0 Å². The predicted octanol–water partition coefficient (Wildman–Crippen LogP) is 3.92. The SMILES string of the molecule is Cc1ccc(C)c(N(C(=O)C2CCN(C3CC3)CC2)C(C)C)c1. The zero-order chi connectivity index (χ0) is 16.6. The maximum atomic E-state index is 13.2. The van der Waals surface area contributed by atoms with Crippen molar-refractivity contribution in [3.63, 3.8) is 0 Å². The fraction of sp³-hybridized carbons (Fsp3) is 0.650. The maximum Gasteiger partial charge on any atom is 0.230 e. The molecule has 1 aromatic rings. The number of hydrogen-bond donors (Lipinski definition) is 0. The van der Waals surface area contributed by atoms with Crippen molar-refractivity contribution < 1.29 is 4.79 Å². The summed E-state index contributed by atoms with van der Waals surface area (Å²) in [6, 6.07) is 7.43. The summed E-state index contributed by atoms with van der Waals surface area (Å²) in [7, 11) is 0. The van der Waals surface area contributed by atoms with E-state index in [0.29, 0.717) is 5.91 Å². The zero-order valence-electron chi connectivity index (χ0n) is 15.0. The fourth-order valence-electron chi connectivity index (χ4n) is 3.78. The largest absolute Gasteiger partial charge is 0.309 e. The molecule has 1 aliphatic carbocycles. The van der Waals surface area contributed by atoms with E-state index in [1.165, 1.54) is 24.0 Å². The average molecular weight is 314 g/mol. The Balaban J connectivity index is 1.75. The number of likely N-dealkylation sites (tertiary alicyclic amines) is 1. The van der Waals surface area contributed by atoms with Crippen LogP contribution < -0.4 is 4.90 Å². The van der Waals surface area contributed by atoms with E-state index in [9.17, 15) is 4.79 Å². The molecule has 0 atom stereocenters. The van der Waals surface area contributed by atoms with E-state index < -0.39 is 0 Å². The average Bonchev–Trinajstić information content (AvgIpc) is 3.35. The normalized spacial score (nSPS) is 20.0. The van der Waals surface area contributed by atoms with E-state index in [0.717, 1.165) is 37.7 Å². The van der Waals surface area contributed by atoms with Crippen LogP contribution in [0.4, 0.5) is 5.69 Å². The Morgan fingerprint density at radius 2 is 1.78 bits per heavy atom. The van der Waals surface area contributed by atoms with Crippen molar-refractivity contribution in [2.75, 3.05) is 18.0 Å². The smallest absolute Gasteiger partial charge is 0.230 e. The lowest BCUT2D eigenvalue weighted by molar-refractivity contribution is -0.124. The topological polar surface area (TPSA) is 23.6 Å². The number of amides is 1. The van der Waals surface area contributed by atoms with Crippen LogP contribution in [-0.4, -0.2) is 36.0 Å². The molecule has 3 nitrogen and oxygen atoms in total. The van der Waals surface area contributed by atoms with Crippen molar-refractivity contribution in [2.24, 2.45) is 5.92 Å². The molecule has 1 aliphatic heterocycles. The van der Waals surface area contributed by atoms with E-state index in [4.69, 9.17) is 0 Å². The standard InChI is InChI=1S/C20H30N2O/c1-14(2)22(19-13-15(3)5-6-16(19)4)20(23)17-9-11-21(12-10-17)18-7-8-18/h5-6,13-14,17-18H,7-12H2,1-4H3. The van der Waals surface area contributed by atoms with Gasteiger partial charge in [0.1, 0.15) is 0 Å². The number of aryl methyl sites for hydroxylation is 2. The molecule has 2 fully saturated rings. The minimum absolute atomic E-state index is 0.187. The van der Waals surface area contributed by atoms with Gasteiger partial charge in [0.15, 0.2) is 0 Å². The highest BCUT2D eigenvalue weighted by Gasteiger charge is 2.35. The third-order valence-electron chi connectivity index (χ3n) is 5.32. The molecule has 1 amide bonds. The van der Waals surface area contributed by atoms with Crippen LogP contribution in [-0.2, 0) is 4.79 Å². The number of carbonyl (C=O) groups excluding carboxylic acids is 1. The van der Waals surface area contributed by atoms with Crippen molar-refractivity contribution in [1.82, 2.24) is 4.90 Å². The lowest BCUT2D eigenvalue weighted by Crippen LogP contribution is -2.46. The molecule has 23 heavy (non-hydrogen) atoms. The molecule has 126 valence electrons. The van der Waals surface area contributed by atoms with Gasteiger partial charge in [-0.25, -0.2) is 0 Å². The van der Waals surface area contributed by atoms with Gasteiger partial charge >= 0.3 is 0 Å². The summed E-state index contributed by atoms with van der Waals surface area (Å²) >= 11 is 0. The number of benzene rings is 1. The molecule has 3 heteroatoms. The van der Waals surface area contributed by atoms with Crippen LogP contribution in [0.5, 0.6) is 0 Å². The number of nitrogens with zero attached hydrogens (tertiary/aromatic N) is 2. The van der Waals surface area contributed by atoms with Crippen LogP contribution in [0.1, 0.15) is 50.7 Å². The Bertz CT molecular complexity index is 569. The molecular formula is C20H30N2O. The Kier molecular flexibility index (Phi) is 4.77. The number of piperidine rings is 1. The van der Waals surface area contributed by atoms with Gasteiger partial charge in [0.2, 0.25) is 5.91 Å². The van der Waals surface area contributed by atoms with Crippen molar-refractivity contribution in [3.8, 4) is 0 Å². The second kappa shape index (κ2) is 6.64. The van der Waals surface area contributed by atoms with E-state index in [1.807, 2.05) is 4.90 Å². The molecule has 2 aliphatic rings. The van der Waals surface area contributed by atoms with Crippen LogP contribution in [0.3, 0.4) is 0 Å². The van der Waals surface area contributed by atoms with Crippen LogP contribution in [0.15, 0.2) is 18.2 Å². The highest BCUT2D eigenvalue weighted by Crippen LogP contribution is 2.33. The number of rotatable bonds is 4. The summed E-state index contributed by atoms with van der Waals surface area (Å²) in [4.78, 5) is 17.8. The van der Waals surface area contributed by atoms with Crippen LogP contribution in [0, 0.1) is 19.8 Å². The molecule has 0 radical (unpaired) electrons. The van der Waals surface area contributed by atoms with Gasteiger partial charge in [-0.1, -0.05) is 12.1 Å². The van der Waals surface area contributed by atoms with Crippen molar-refractivity contribution in [3.05, 3.63) is 29.3 Å². The molecule has 0 aromatic heterocycles. The van der Waals surface area contributed by atoms with Crippen molar-refractivity contribution >= 4 is 11.6 Å². The lowest BCUT2D eigenvalue weighted by atomic mass is 9.94. The molecule has 1 saturated carbocycles. The molecule has 3 rings (SSSR count). The third-order valence-corrected chi connectivity index (χ3v) is 5.32. The summed E-state index contributed by atoms with van der Waals surface area (Å²) in [5.74, 6) is 0.511. The van der Waals surface area contributed by atoms with E-state index in [1.54, 1.807) is 0 Å². The third kappa shape index (κ3) is 3.60. The molecular weight excluding hydrogens is 284 g/mol. The Morgan fingerprint density at radius 3 is 2.35 bits per heavy atom. The summed E-state index contributed by atoms with van der Waals surface area (Å²) in [6.45, 7) is 10.6. The van der Waals surface area contributed by atoms with E-state index in [-0.39, 0.29) is 12.0 Å². The highest BCUT2D eigenvalue weighted by molar-refractivity contribution is 5.96. The summed E-state index contributed by atoms with van der Waals surface area (Å²) in [5.41, 5.74) is 3.50. The summed E-state index contributed by atoms with van der Waals surface area (Å²) in [6.07, 6.45) is 4.76. The van der Waals surface area contributed by atoms with Crippen molar-refractivity contribution in [2.45, 2.75) is 65.5 Å². The zero-order valence-corrected chi connectivity index (χ0v) is 15.0. The molecule has 0 unspecified atom stereocenters. The number of anilines is 1. The van der Waals surface area contributed by atoms with E-state index >= 15 is 0 Å². The molecule has 0 N–H and O–H groups in total. The Hall–Kier alpha value is -1.35. The van der Waals surface area contributed by atoms with Gasteiger partial charge < -0.3 is 9.80 Å². The first-order chi connectivity index (χ1) is 11.0. The molecule has 1 heterocycles. The predicted molar refractivity (Wildman–Crippen MR) is 95.9 cm³/mol. The minimum atomic E-state index is 0.187. The summed E-state index contributed by atoms with van der Waals surface area (Å²) in [5, 5.41) is 0. The first-order valence-corrected chi connectivity index (χ1v) is 9.11. The number of hydrogen-bond acceptors (Lipinski definition) is 2. The number of carbonyl (C=O) groups is 1. The molecule has 1 aromatic carbocycles. The van der Waals surface area contributed by atoms with Gasteiger partial charge in [0, 0.05) is 23.7 Å². The van der Waals surface area contributed by atoms with Gasteiger partial charge in [-0.05, 0) is 83.7 Å². The van der Waals surface area contributed by atoms with Crippen LogP contribution in [0.2, 0.25) is 0 Å². The first-order valence-electron chi connectivity index (χ1n) is 9.11. The first kappa shape index (κ1) is 16.5. The fourth-order valence-corrected chi connectivity index (χ4v) is 3.78. The van der Waals surface area contributed by atoms with Gasteiger partial charge in [-0.15, -0.1) is 0 Å². The monoisotopic (exact) mass is 314 g/mol. The minimum Gasteiger partial charge on any atom is -0.309 e. The Labute approximate surface area is 140 Å². The second-order valence-electron chi connectivity index (χ2n) is 7.63. The van der Waals surface area contributed by atoms with Crippen molar-refractivity contribution in [1.29, 1.82) is 0 Å². The van der Waals surface area contributed by atoms with E-state index in [2.05, 4.69) is 50.8 Å².